The summed E-state index contributed by atoms with van der Waals surface area (Å²) >= 11 is 0. The van der Waals surface area contributed by atoms with Crippen LogP contribution in [0.15, 0.2) is 18.2 Å². The molecule has 0 spiro atoms. The van der Waals surface area contributed by atoms with Crippen molar-refractivity contribution in [3.63, 3.8) is 0 Å². The number of hydrogen-bond acceptors (Lipinski definition) is 2. The Kier molecular flexibility index (Phi) is 4.88. The number of halogens is 2. The summed E-state index contributed by atoms with van der Waals surface area (Å²) in [6.07, 6.45) is 1.18. The Bertz CT molecular complexity index is 421. The van der Waals surface area contributed by atoms with Crippen molar-refractivity contribution in [3.8, 4) is 0 Å². The average Bonchev–Trinajstić information content (AvgIpc) is 2.83. The molecule has 0 amide bonds. The van der Waals surface area contributed by atoms with Crippen LogP contribution in [0.25, 0.3) is 0 Å². The second-order valence-electron chi connectivity index (χ2n) is 5.59. The smallest absolute Gasteiger partial charge is 0.163 e. The molecule has 0 aromatic heterocycles. The fourth-order valence-electron chi connectivity index (χ4n) is 2.59. The molecule has 2 rings (SSSR count). The lowest BCUT2D eigenvalue weighted by atomic mass is 10.1. The largest absolute Gasteiger partial charge is 0.312 e. The van der Waals surface area contributed by atoms with Crippen molar-refractivity contribution < 1.29 is 8.78 Å². The van der Waals surface area contributed by atoms with Crippen LogP contribution in [-0.4, -0.2) is 30.6 Å². The Labute approximate surface area is 113 Å². The molecule has 1 aliphatic rings. The van der Waals surface area contributed by atoms with Crippen LogP contribution in [0.1, 0.15) is 25.8 Å². The van der Waals surface area contributed by atoms with Gasteiger partial charge in [0, 0.05) is 24.7 Å². The first-order chi connectivity index (χ1) is 9.08. The summed E-state index contributed by atoms with van der Waals surface area (Å²) in [5.41, 5.74) is 0.402. The highest BCUT2D eigenvalue weighted by atomic mass is 19.2. The van der Waals surface area contributed by atoms with E-state index in [1.54, 1.807) is 12.1 Å². The molecule has 1 aliphatic heterocycles. The van der Waals surface area contributed by atoms with Gasteiger partial charge in [-0.3, -0.25) is 0 Å². The molecule has 0 radical (unpaired) electrons. The number of benzene rings is 1. The highest BCUT2D eigenvalue weighted by molar-refractivity contribution is 5.18. The summed E-state index contributed by atoms with van der Waals surface area (Å²) in [7, 11) is 0. The SMILES string of the molecule is CC(C)N1CCC(CNCc2cccc(F)c2F)C1. The molecule has 0 aliphatic carbocycles. The van der Waals surface area contributed by atoms with Crippen LogP contribution in [0.2, 0.25) is 0 Å². The summed E-state index contributed by atoms with van der Waals surface area (Å²) < 4.78 is 26.5. The molecule has 1 aromatic carbocycles. The molecule has 0 saturated carbocycles. The van der Waals surface area contributed by atoms with Crippen LogP contribution in [0.5, 0.6) is 0 Å². The van der Waals surface area contributed by atoms with Crippen molar-refractivity contribution in [2.24, 2.45) is 5.92 Å². The second-order valence-corrected chi connectivity index (χ2v) is 5.59. The minimum Gasteiger partial charge on any atom is -0.312 e. The van der Waals surface area contributed by atoms with Gasteiger partial charge in [0.15, 0.2) is 11.6 Å². The minimum absolute atomic E-state index is 0.391. The van der Waals surface area contributed by atoms with Gasteiger partial charge >= 0.3 is 0 Å². The Hall–Kier alpha value is -1.00. The molecule has 1 aromatic rings. The summed E-state index contributed by atoms with van der Waals surface area (Å²) in [5, 5.41) is 3.24. The summed E-state index contributed by atoms with van der Waals surface area (Å²) in [4.78, 5) is 2.45. The molecule has 19 heavy (non-hydrogen) atoms. The molecular formula is C15H22F2N2. The third kappa shape index (κ3) is 3.74. The summed E-state index contributed by atoms with van der Waals surface area (Å²) in [5.74, 6) is -0.893. The monoisotopic (exact) mass is 268 g/mol. The van der Waals surface area contributed by atoms with Crippen molar-refractivity contribution in [1.82, 2.24) is 10.2 Å². The molecule has 106 valence electrons. The first-order valence-electron chi connectivity index (χ1n) is 6.95. The molecule has 2 nitrogen and oxygen atoms in total. The van der Waals surface area contributed by atoms with Gasteiger partial charge in [-0.05, 0) is 45.3 Å². The van der Waals surface area contributed by atoms with E-state index in [0.29, 0.717) is 24.1 Å². The first-order valence-corrected chi connectivity index (χ1v) is 6.95. The van der Waals surface area contributed by atoms with Gasteiger partial charge in [-0.2, -0.15) is 0 Å². The van der Waals surface area contributed by atoms with E-state index in [1.165, 1.54) is 6.42 Å². The third-order valence-electron chi connectivity index (χ3n) is 3.83. The van der Waals surface area contributed by atoms with E-state index in [9.17, 15) is 8.78 Å². The number of nitrogens with zero attached hydrogens (tertiary/aromatic N) is 1. The van der Waals surface area contributed by atoms with Gasteiger partial charge in [0.05, 0.1) is 0 Å². The standard InChI is InChI=1S/C15H22F2N2/c1-11(2)19-7-6-12(10-19)8-18-9-13-4-3-5-14(16)15(13)17/h3-5,11-12,18H,6-10H2,1-2H3. The van der Waals surface area contributed by atoms with E-state index in [4.69, 9.17) is 0 Å². The van der Waals surface area contributed by atoms with E-state index in [2.05, 4.69) is 24.1 Å². The predicted molar refractivity (Wildman–Crippen MR) is 72.9 cm³/mol. The number of rotatable bonds is 5. The van der Waals surface area contributed by atoms with Crippen LogP contribution < -0.4 is 5.32 Å². The highest BCUT2D eigenvalue weighted by Crippen LogP contribution is 2.18. The van der Waals surface area contributed by atoms with Gasteiger partial charge in [0.2, 0.25) is 0 Å². The fraction of sp³-hybridized carbons (Fsp3) is 0.600. The van der Waals surface area contributed by atoms with Crippen LogP contribution in [0.3, 0.4) is 0 Å². The number of likely N-dealkylation sites (tertiary alicyclic amines) is 1. The Balaban J connectivity index is 1.77. The van der Waals surface area contributed by atoms with Crippen LogP contribution in [0.4, 0.5) is 8.78 Å². The number of nitrogens with one attached hydrogen (secondary N) is 1. The van der Waals surface area contributed by atoms with Crippen molar-refractivity contribution in [3.05, 3.63) is 35.4 Å². The Morgan fingerprint density at radius 2 is 2.16 bits per heavy atom. The van der Waals surface area contributed by atoms with Crippen molar-refractivity contribution >= 4 is 0 Å². The first kappa shape index (κ1) is 14.4. The summed E-state index contributed by atoms with van der Waals surface area (Å²) in [6, 6.07) is 4.91. The van der Waals surface area contributed by atoms with Gasteiger partial charge in [0.25, 0.3) is 0 Å². The van der Waals surface area contributed by atoms with Crippen LogP contribution in [-0.2, 0) is 6.54 Å². The van der Waals surface area contributed by atoms with Crippen molar-refractivity contribution in [2.45, 2.75) is 32.9 Å². The van der Waals surface area contributed by atoms with Gasteiger partial charge in [0.1, 0.15) is 0 Å². The lowest BCUT2D eigenvalue weighted by Gasteiger charge is -2.20. The second kappa shape index (κ2) is 6.44. The van der Waals surface area contributed by atoms with Crippen molar-refractivity contribution in [2.75, 3.05) is 19.6 Å². The molecular weight excluding hydrogens is 246 g/mol. The van der Waals surface area contributed by atoms with Gasteiger partial charge in [-0.25, -0.2) is 8.78 Å². The molecule has 1 atom stereocenters. The minimum atomic E-state index is -0.772. The zero-order valence-electron chi connectivity index (χ0n) is 11.6. The average molecular weight is 268 g/mol. The molecule has 1 fully saturated rings. The van der Waals surface area contributed by atoms with Gasteiger partial charge in [-0.1, -0.05) is 12.1 Å². The molecule has 1 unspecified atom stereocenters. The molecule has 0 bridgehead atoms. The zero-order valence-corrected chi connectivity index (χ0v) is 11.6. The van der Waals surface area contributed by atoms with Crippen molar-refractivity contribution in [1.29, 1.82) is 0 Å². The van der Waals surface area contributed by atoms with E-state index in [0.717, 1.165) is 25.7 Å². The van der Waals surface area contributed by atoms with Gasteiger partial charge in [-0.15, -0.1) is 0 Å². The van der Waals surface area contributed by atoms with E-state index >= 15 is 0 Å². The highest BCUT2D eigenvalue weighted by Gasteiger charge is 2.23. The third-order valence-corrected chi connectivity index (χ3v) is 3.83. The maximum Gasteiger partial charge on any atom is 0.163 e. The zero-order chi connectivity index (χ0) is 13.8. The predicted octanol–water partition coefficient (Wildman–Crippen LogP) is 2.78. The fourth-order valence-corrected chi connectivity index (χ4v) is 2.59. The quantitative estimate of drug-likeness (QED) is 0.883. The molecule has 1 saturated heterocycles. The number of hydrogen-bond donors (Lipinski definition) is 1. The lowest BCUT2D eigenvalue weighted by molar-refractivity contribution is 0.264. The Morgan fingerprint density at radius 3 is 2.84 bits per heavy atom. The van der Waals surface area contributed by atoms with E-state index in [1.807, 2.05) is 0 Å². The lowest BCUT2D eigenvalue weighted by Crippen LogP contribution is -2.30. The normalized spacial score (nSPS) is 20.4. The topological polar surface area (TPSA) is 15.3 Å². The van der Waals surface area contributed by atoms with E-state index in [-0.39, 0.29) is 0 Å². The maximum absolute atomic E-state index is 13.4. The summed E-state index contributed by atoms with van der Waals surface area (Å²) in [6.45, 7) is 7.89. The molecule has 1 N–H and O–H groups in total. The molecule has 1 heterocycles. The Morgan fingerprint density at radius 1 is 1.37 bits per heavy atom. The maximum atomic E-state index is 13.4. The van der Waals surface area contributed by atoms with E-state index < -0.39 is 11.6 Å². The van der Waals surface area contributed by atoms with Crippen LogP contribution in [0, 0.1) is 17.6 Å². The van der Waals surface area contributed by atoms with Crippen LogP contribution >= 0.6 is 0 Å². The van der Waals surface area contributed by atoms with Gasteiger partial charge < -0.3 is 10.2 Å². The molecule has 4 heteroatoms.